The quantitative estimate of drug-likeness (QED) is 0.642. The highest BCUT2D eigenvalue weighted by Crippen LogP contribution is 2.35. The Morgan fingerprint density at radius 2 is 1.67 bits per heavy atom. The Morgan fingerprint density at radius 3 is 2.42 bits per heavy atom. The first-order valence-electron chi connectivity index (χ1n) is 3.62. The molecule has 2 aliphatic rings. The zero-order valence-corrected chi connectivity index (χ0v) is 9.13. The van der Waals surface area contributed by atoms with E-state index in [9.17, 15) is 0 Å². The van der Waals surface area contributed by atoms with Crippen LogP contribution in [0.1, 0.15) is 0 Å². The van der Waals surface area contributed by atoms with Gasteiger partial charge < -0.3 is 0 Å². The molecule has 2 heteroatoms. The molecule has 0 aromatic carbocycles. The Kier molecular flexibility index (Phi) is 2.24. The molecule has 12 heavy (non-hydrogen) atoms. The zero-order valence-electron chi connectivity index (χ0n) is 6.22. The van der Waals surface area contributed by atoms with E-state index >= 15 is 0 Å². The molecule has 2 aliphatic carbocycles. The molecule has 0 radical (unpaired) electrons. The van der Waals surface area contributed by atoms with Gasteiger partial charge in [0.25, 0.3) is 0 Å². The highest BCUT2D eigenvalue weighted by molar-refractivity contribution is 14.1. The third-order valence-corrected chi connectivity index (χ3v) is 3.01. The van der Waals surface area contributed by atoms with E-state index in [1.807, 2.05) is 30.3 Å². The summed E-state index contributed by atoms with van der Waals surface area (Å²) >= 11 is 8.33. The first-order chi connectivity index (χ1) is 5.79. The van der Waals surface area contributed by atoms with Crippen molar-refractivity contribution in [3.63, 3.8) is 0 Å². The molecule has 0 aromatic heterocycles. The van der Waals surface area contributed by atoms with Crippen LogP contribution in [-0.4, -0.2) is 0 Å². The summed E-state index contributed by atoms with van der Waals surface area (Å²) in [6.45, 7) is 0. The minimum Gasteiger partial charge on any atom is -0.0836 e. The lowest BCUT2D eigenvalue weighted by Crippen LogP contribution is -1.67. The van der Waals surface area contributed by atoms with Crippen LogP contribution < -0.4 is 0 Å². The van der Waals surface area contributed by atoms with Crippen molar-refractivity contribution in [2.24, 2.45) is 0 Å². The first kappa shape index (κ1) is 8.32. The molecular formula is C10H6ClI. The molecule has 0 saturated carbocycles. The Hall–Kier alpha value is -0.280. The molecule has 0 N–H and O–H groups in total. The minimum atomic E-state index is 0.839. The highest BCUT2D eigenvalue weighted by Gasteiger charge is 2.09. The van der Waals surface area contributed by atoms with Crippen molar-refractivity contribution in [2.75, 3.05) is 0 Å². The fourth-order valence-electron chi connectivity index (χ4n) is 1.23. The van der Waals surface area contributed by atoms with Gasteiger partial charge >= 0.3 is 0 Å². The molecule has 0 aliphatic heterocycles. The van der Waals surface area contributed by atoms with Gasteiger partial charge in [-0.15, -0.1) is 0 Å². The smallest absolute Gasteiger partial charge is 0.0495 e. The second kappa shape index (κ2) is 3.23. The van der Waals surface area contributed by atoms with Crippen molar-refractivity contribution in [3.05, 3.63) is 45.0 Å². The predicted octanol–water partition coefficient (Wildman–Crippen LogP) is 4.05. The third kappa shape index (κ3) is 1.31. The van der Waals surface area contributed by atoms with Gasteiger partial charge in [0.1, 0.15) is 0 Å². The van der Waals surface area contributed by atoms with E-state index in [0.29, 0.717) is 0 Å². The molecule has 0 heterocycles. The standard InChI is InChI=1S/C10H6ClI/c11-9-6-10(12)8-5-3-1-2-4-7(8)9/h1-6H. The fraction of sp³-hybridized carbons (Fsp3) is 0. The second-order valence-electron chi connectivity index (χ2n) is 2.58. The molecule has 0 atom stereocenters. The summed E-state index contributed by atoms with van der Waals surface area (Å²) in [5.74, 6) is 0. The lowest BCUT2D eigenvalue weighted by molar-refractivity contribution is 1.79. The van der Waals surface area contributed by atoms with Crippen LogP contribution in [0.4, 0.5) is 0 Å². The Morgan fingerprint density at radius 1 is 1.00 bits per heavy atom. The molecule has 0 unspecified atom stereocenters. The van der Waals surface area contributed by atoms with Gasteiger partial charge in [-0.3, -0.25) is 0 Å². The van der Waals surface area contributed by atoms with Crippen molar-refractivity contribution in [1.29, 1.82) is 0 Å². The van der Waals surface area contributed by atoms with Gasteiger partial charge in [0.2, 0.25) is 0 Å². The Labute approximate surface area is 90.0 Å². The summed E-state index contributed by atoms with van der Waals surface area (Å²) in [4.78, 5) is 0. The molecule has 0 aromatic rings. The van der Waals surface area contributed by atoms with Gasteiger partial charge in [-0.05, 0) is 34.2 Å². The van der Waals surface area contributed by atoms with Crippen LogP contribution >= 0.6 is 34.2 Å². The Bertz CT molecular complexity index is 350. The van der Waals surface area contributed by atoms with Crippen molar-refractivity contribution in [1.82, 2.24) is 0 Å². The average molecular weight is 289 g/mol. The van der Waals surface area contributed by atoms with Gasteiger partial charge in [-0.2, -0.15) is 0 Å². The van der Waals surface area contributed by atoms with E-state index in [2.05, 4.69) is 28.7 Å². The highest BCUT2D eigenvalue weighted by atomic mass is 127. The van der Waals surface area contributed by atoms with Crippen LogP contribution in [0.3, 0.4) is 0 Å². The van der Waals surface area contributed by atoms with E-state index in [-0.39, 0.29) is 0 Å². The number of halogens is 2. The van der Waals surface area contributed by atoms with Gasteiger partial charge in [0, 0.05) is 14.2 Å². The third-order valence-electron chi connectivity index (χ3n) is 1.81. The van der Waals surface area contributed by atoms with Crippen LogP contribution in [-0.2, 0) is 0 Å². The molecule has 0 nitrogen and oxygen atoms in total. The normalized spacial score (nSPS) is 10.5. The summed E-state index contributed by atoms with van der Waals surface area (Å²) in [6.07, 6.45) is 0. The number of rotatable bonds is 0. The predicted molar refractivity (Wildman–Crippen MR) is 60.8 cm³/mol. The van der Waals surface area contributed by atoms with Crippen LogP contribution in [0, 0.1) is 3.57 Å². The molecular weight excluding hydrogens is 282 g/mol. The maximum Gasteiger partial charge on any atom is 0.0495 e. The molecule has 0 saturated heterocycles. The van der Waals surface area contributed by atoms with Crippen LogP contribution in [0.25, 0.3) is 11.1 Å². The monoisotopic (exact) mass is 288 g/mol. The molecule has 0 bridgehead atoms. The largest absolute Gasteiger partial charge is 0.0836 e. The van der Waals surface area contributed by atoms with Gasteiger partial charge in [-0.1, -0.05) is 41.9 Å². The van der Waals surface area contributed by atoms with Crippen LogP contribution in [0.15, 0.2) is 36.4 Å². The molecule has 60 valence electrons. The SMILES string of the molecule is Clc1cc(I)c2cccccc1-2. The molecule has 0 spiro atoms. The fourth-order valence-corrected chi connectivity index (χ4v) is 2.47. The van der Waals surface area contributed by atoms with Crippen molar-refractivity contribution < 1.29 is 0 Å². The maximum absolute atomic E-state index is 6.03. The molecule has 0 fully saturated rings. The zero-order chi connectivity index (χ0) is 8.55. The molecule has 2 rings (SSSR count). The Balaban J connectivity index is 2.79. The summed E-state index contributed by atoms with van der Waals surface area (Å²) in [5, 5.41) is 0.839. The summed E-state index contributed by atoms with van der Waals surface area (Å²) < 4.78 is 1.21. The number of hydrogen-bond acceptors (Lipinski definition) is 0. The number of hydrogen-bond donors (Lipinski definition) is 0. The topological polar surface area (TPSA) is 0 Å². The van der Waals surface area contributed by atoms with Crippen molar-refractivity contribution in [2.45, 2.75) is 0 Å². The first-order valence-corrected chi connectivity index (χ1v) is 5.07. The lowest BCUT2D eigenvalue weighted by Gasteiger charge is -1.92. The summed E-state index contributed by atoms with van der Waals surface area (Å²) in [7, 11) is 0. The minimum absolute atomic E-state index is 0.839. The van der Waals surface area contributed by atoms with Crippen molar-refractivity contribution in [3.8, 4) is 11.1 Å². The van der Waals surface area contributed by atoms with Crippen LogP contribution in [0.5, 0.6) is 0 Å². The van der Waals surface area contributed by atoms with E-state index in [0.717, 1.165) is 10.6 Å². The van der Waals surface area contributed by atoms with E-state index in [1.165, 1.54) is 9.13 Å². The van der Waals surface area contributed by atoms with Crippen LogP contribution in [0.2, 0.25) is 5.02 Å². The summed E-state index contributed by atoms with van der Waals surface area (Å²) in [6, 6.07) is 12.2. The number of fused-ring (bicyclic) bond motifs is 1. The van der Waals surface area contributed by atoms with Gasteiger partial charge in [0.15, 0.2) is 0 Å². The van der Waals surface area contributed by atoms with Crippen molar-refractivity contribution >= 4 is 34.2 Å². The molecule has 0 amide bonds. The average Bonchev–Trinajstić information content (AvgIpc) is 2.29. The van der Waals surface area contributed by atoms with E-state index in [4.69, 9.17) is 11.6 Å². The lowest BCUT2D eigenvalue weighted by atomic mass is 10.2. The van der Waals surface area contributed by atoms with Gasteiger partial charge in [0.05, 0.1) is 0 Å². The van der Waals surface area contributed by atoms with Gasteiger partial charge in [-0.25, -0.2) is 0 Å². The van der Waals surface area contributed by atoms with E-state index in [1.54, 1.807) is 0 Å². The second-order valence-corrected chi connectivity index (χ2v) is 4.15. The summed E-state index contributed by atoms with van der Waals surface area (Å²) in [5.41, 5.74) is 2.36. The van der Waals surface area contributed by atoms with E-state index < -0.39 is 0 Å². The maximum atomic E-state index is 6.03.